The Balaban J connectivity index is 1.78. The fourth-order valence-corrected chi connectivity index (χ4v) is 1.69. The van der Waals surface area contributed by atoms with Crippen LogP contribution in [0.1, 0.15) is 16.8 Å². The number of anilines is 1. The fraction of sp³-hybridized carbons (Fsp3) is 0.188. The minimum atomic E-state index is -0.471. The molecule has 6 nitrogen and oxygen atoms in total. The number of esters is 1. The van der Waals surface area contributed by atoms with Crippen molar-refractivity contribution in [2.24, 2.45) is 0 Å². The van der Waals surface area contributed by atoms with Gasteiger partial charge >= 0.3 is 5.97 Å². The molecular formula is C16H16N2O4. The van der Waals surface area contributed by atoms with E-state index in [0.29, 0.717) is 11.4 Å². The molecule has 2 aromatic rings. The second-order valence-electron chi connectivity index (χ2n) is 4.38. The summed E-state index contributed by atoms with van der Waals surface area (Å²) < 4.78 is 10.0. The molecule has 1 aromatic heterocycles. The topological polar surface area (TPSA) is 77.5 Å². The van der Waals surface area contributed by atoms with E-state index in [1.165, 1.54) is 19.4 Å². The zero-order valence-corrected chi connectivity index (χ0v) is 12.1. The van der Waals surface area contributed by atoms with Gasteiger partial charge in [0.25, 0.3) is 0 Å². The highest BCUT2D eigenvalue weighted by Crippen LogP contribution is 2.09. The van der Waals surface area contributed by atoms with Crippen LogP contribution in [0.4, 0.5) is 5.82 Å². The number of nitrogens with one attached hydrogen (secondary N) is 1. The van der Waals surface area contributed by atoms with Crippen molar-refractivity contribution in [3.8, 4) is 5.75 Å². The molecule has 0 aliphatic rings. The van der Waals surface area contributed by atoms with Gasteiger partial charge in [-0.15, -0.1) is 0 Å². The number of methoxy groups -OCH3 is 1. The Morgan fingerprint density at radius 3 is 2.55 bits per heavy atom. The molecule has 0 aliphatic carbocycles. The first-order valence-corrected chi connectivity index (χ1v) is 6.71. The largest absolute Gasteiger partial charge is 0.493 e. The fourth-order valence-electron chi connectivity index (χ4n) is 1.69. The van der Waals surface area contributed by atoms with Crippen molar-refractivity contribution in [1.29, 1.82) is 0 Å². The van der Waals surface area contributed by atoms with Crippen molar-refractivity contribution >= 4 is 17.7 Å². The monoisotopic (exact) mass is 300 g/mol. The zero-order chi connectivity index (χ0) is 15.8. The first-order chi connectivity index (χ1) is 10.7. The zero-order valence-electron chi connectivity index (χ0n) is 12.1. The summed E-state index contributed by atoms with van der Waals surface area (Å²) >= 11 is 0. The molecule has 6 heteroatoms. The van der Waals surface area contributed by atoms with Crippen LogP contribution in [-0.2, 0) is 9.53 Å². The summed E-state index contributed by atoms with van der Waals surface area (Å²) in [5.41, 5.74) is 0.327. The second kappa shape index (κ2) is 7.78. The van der Waals surface area contributed by atoms with Gasteiger partial charge in [-0.05, 0) is 24.3 Å². The number of hydrogen-bond donors (Lipinski definition) is 1. The number of rotatable bonds is 6. The third-order valence-electron chi connectivity index (χ3n) is 2.79. The molecule has 1 aromatic carbocycles. The number of nitrogens with zero attached hydrogens (tertiary/aromatic N) is 1. The van der Waals surface area contributed by atoms with E-state index in [9.17, 15) is 9.59 Å². The van der Waals surface area contributed by atoms with Crippen LogP contribution in [0.3, 0.4) is 0 Å². The number of para-hydroxylation sites is 1. The summed E-state index contributed by atoms with van der Waals surface area (Å²) in [6.07, 6.45) is 1.55. The van der Waals surface area contributed by atoms with E-state index in [4.69, 9.17) is 4.74 Å². The van der Waals surface area contributed by atoms with Gasteiger partial charge in [-0.2, -0.15) is 0 Å². The molecule has 0 radical (unpaired) electrons. The van der Waals surface area contributed by atoms with E-state index in [1.54, 1.807) is 6.07 Å². The van der Waals surface area contributed by atoms with Crippen LogP contribution in [0.5, 0.6) is 5.75 Å². The minimum Gasteiger partial charge on any atom is -0.493 e. The lowest BCUT2D eigenvalue weighted by Crippen LogP contribution is -2.16. The number of carbonyl (C=O) groups is 2. The van der Waals surface area contributed by atoms with Gasteiger partial charge in [0.15, 0.2) is 0 Å². The van der Waals surface area contributed by atoms with Crippen molar-refractivity contribution in [3.05, 3.63) is 54.2 Å². The number of ether oxygens (including phenoxy) is 2. The van der Waals surface area contributed by atoms with Gasteiger partial charge in [0, 0.05) is 6.20 Å². The molecule has 0 bridgehead atoms. The van der Waals surface area contributed by atoms with Crippen molar-refractivity contribution in [3.63, 3.8) is 0 Å². The Bertz CT molecular complexity index is 626. The third kappa shape index (κ3) is 4.59. The van der Waals surface area contributed by atoms with Gasteiger partial charge in [0.2, 0.25) is 5.91 Å². The van der Waals surface area contributed by atoms with Gasteiger partial charge in [-0.3, -0.25) is 4.79 Å². The van der Waals surface area contributed by atoms with Crippen LogP contribution in [0.15, 0.2) is 48.7 Å². The molecule has 0 spiro atoms. The Morgan fingerprint density at radius 2 is 1.91 bits per heavy atom. The van der Waals surface area contributed by atoms with E-state index in [1.807, 2.05) is 30.3 Å². The Kier molecular flexibility index (Phi) is 5.48. The lowest BCUT2D eigenvalue weighted by Gasteiger charge is -2.07. The number of pyridine rings is 1. The van der Waals surface area contributed by atoms with Crippen LogP contribution in [0, 0.1) is 0 Å². The predicted octanol–water partition coefficient (Wildman–Crippen LogP) is 2.28. The van der Waals surface area contributed by atoms with Gasteiger partial charge in [0.05, 0.1) is 25.7 Å². The maximum absolute atomic E-state index is 11.8. The highest BCUT2D eigenvalue weighted by molar-refractivity contribution is 5.91. The lowest BCUT2D eigenvalue weighted by molar-refractivity contribution is -0.116. The van der Waals surface area contributed by atoms with E-state index in [2.05, 4.69) is 15.0 Å². The smallest absolute Gasteiger partial charge is 0.339 e. The van der Waals surface area contributed by atoms with Gasteiger partial charge in [-0.25, -0.2) is 9.78 Å². The minimum absolute atomic E-state index is 0.204. The first-order valence-electron chi connectivity index (χ1n) is 6.71. The molecule has 22 heavy (non-hydrogen) atoms. The molecule has 0 fully saturated rings. The SMILES string of the molecule is COC(=O)c1ccc(NC(=O)CCOc2ccccc2)nc1. The summed E-state index contributed by atoms with van der Waals surface area (Å²) in [5.74, 6) is 0.407. The number of carbonyl (C=O) groups excluding carboxylic acids is 2. The van der Waals surface area contributed by atoms with E-state index in [0.717, 1.165) is 5.75 Å². The van der Waals surface area contributed by atoms with Crippen molar-refractivity contribution in [1.82, 2.24) is 4.98 Å². The average molecular weight is 300 g/mol. The number of amides is 1. The number of benzene rings is 1. The van der Waals surface area contributed by atoms with Crippen molar-refractivity contribution in [2.45, 2.75) is 6.42 Å². The van der Waals surface area contributed by atoms with Crippen LogP contribution < -0.4 is 10.1 Å². The van der Waals surface area contributed by atoms with Gasteiger partial charge < -0.3 is 14.8 Å². The van der Waals surface area contributed by atoms with Crippen molar-refractivity contribution in [2.75, 3.05) is 19.0 Å². The Hall–Kier alpha value is -2.89. The quantitative estimate of drug-likeness (QED) is 0.828. The standard InChI is InChI=1S/C16H16N2O4/c1-21-16(20)12-7-8-14(17-11-12)18-15(19)9-10-22-13-5-3-2-4-6-13/h2-8,11H,9-10H2,1H3,(H,17,18,19). The van der Waals surface area contributed by atoms with Crippen LogP contribution in [0.25, 0.3) is 0 Å². The van der Waals surface area contributed by atoms with Crippen molar-refractivity contribution < 1.29 is 19.1 Å². The molecule has 0 unspecified atom stereocenters. The van der Waals surface area contributed by atoms with Gasteiger partial charge in [0.1, 0.15) is 11.6 Å². The molecule has 1 heterocycles. The first kappa shape index (κ1) is 15.5. The Morgan fingerprint density at radius 1 is 1.14 bits per heavy atom. The molecule has 0 saturated heterocycles. The summed E-state index contributed by atoms with van der Waals surface area (Å²) in [5, 5.41) is 2.63. The molecular weight excluding hydrogens is 284 g/mol. The lowest BCUT2D eigenvalue weighted by atomic mass is 10.3. The predicted molar refractivity (Wildman–Crippen MR) is 80.8 cm³/mol. The maximum Gasteiger partial charge on any atom is 0.339 e. The highest BCUT2D eigenvalue weighted by atomic mass is 16.5. The molecule has 2 rings (SSSR count). The summed E-state index contributed by atoms with van der Waals surface area (Å²) in [7, 11) is 1.30. The molecule has 0 aliphatic heterocycles. The third-order valence-corrected chi connectivity index (χ3v) is 2.79. The maximum atomic E-state index is 11.8. The van der Waals surface area contributed by atoms with Crippen LogP contribution in [0.2, 0.25) is 0 Å². The molecule has 0 saturated carbocycles. The molecule has 1 N–H and O–H groups in total. The molecule has 0 atom stereocenters. The highest BCUT2D eigenvalue weighted by Gasteiger charge is 2.07. The normalized spacial score (nSPS) is 9.86. The Labute approximate surface area is 128 Å². The number of aromatic nitrogens is 1. The molecule has 1 amide bonds. The average Bonchev–Trinajstić information content (AvgIpc) is 2.56. The van der Waals surface area contributed by atoms with E-state index >= 15 is 0 Å². The van der Waals surface area contributed by atoms with E-state index < -0.39 is 5.97 Å². The summed E-state index contributed by atoms with van der Waals surface area (Å²) in [4.78, 5) is 27.0. The second-order valence-corrected chi connectivity index (χ2v) is 4.38. The van der Waals surface area contributed by atoms with Crippen LogP contribution in [-0.4, -0.2) is 30.6 Å². The van der Waals surface area contributed by atoms with E-state index in [-0.39, 0.29) is 18.9 Å². The van der Waals surface area contributed by atoms with Gasteiger partial charge in [-0.1, -0.05) is 18.2 Å². The summed E-state index contributed by atoms with van der Waals surface area (Å²) in [6.45, 7) is 0.274. The molecule has 114 valence electrons. The summed E-state index contributed by atoms with van der Waals surface area (Å²) in [6, 6.07) is 12.3. The number of hydrogen-bond acceptors (Lipinski definition) is 5. The van der Waals surface area contributed by atoms with Crippen LogP contribution >= 0.6 is 0 Å².